The summed E-state index contributed by atoms with van der Waals surface area (Å²) >= 11 is 0. The number of aliphatic hydroxyl groups excluding tert-OH is 1. The van der Waals surface area contributed by atoms with Gasteiger partial charge in [0.1, 0.15) is 11.5 Å². The van der Waals surface area contributed by atoms with Gasteiger partial charge in [0.25, 0.3) is 11.7 Å². The molecule has 0 bridgehead atoms. The number of aromatic nitrogens is 2. The van der Waals surface area contributed by atoms with Crippen LogP contribution in [0.3, 0.4) is 0 Å². The molecule has 9 heteroatoms. The van der Waals surface area contributed by atoms with Crippen LogP contribution < -0.4 is 14.2 Å². The highest BCUT2D eigenvalue weighted by atomic mass is 16.5. The summed E-state index contributed by atoms with van der Waals surface area (Å²) in [7, 11) is 1.55. The largest absolute Gasteiger partial charge is 0.507 e. The molecule has 1 fully saturated rings. The number of hydrogen-bond acceptors (Lipinski definition) is 7. The second-order valence-electron chi connectivity index (χ2n) is 8.45. The standard InChI is InChI=1S/C28H31N3O6/c1-4-36-22-12-9-20(17-23(22)37-5-2)25-24(26(32)19-7-10-21(35-3)11-8-19)27(33)28(34)31(25)15-6-14-30-16-13-29-18-30/h7-13,16-18,25,32H,4-6,14-15H2,1-3H3. The summed E-state index contributed by atoms with van der Waals surface area (Å²) in [5.41, 5.74) is 1.09. The van der Waals surface area contributed by atoms with E-state index in [1.54, 1.807) is 62.1 Å². The van der Waals surface area contributed by atoms with Gasteiger partial charge >= 0.3 is 0 Å². The van der Waals surface area contributed by atoms with Crippen LogP contribution in [0, 0.1) is 0 Å². The number of aliphatic hydroxyl groups is 1. The summed E-state index contributed by atoms with van der Waals surface area (Å²) in [6.45, 7) is 5.57. The van der Waals surface area contributed by atoms with Crippen molar-refractivity contribution in [3.05, 3.63) is 77.9 Å². The maximum absolute atomic E-state index is 13.3. The second-order valence-corrected chi connectivity index (χ2v) is 8.45. The Labute approximate surface area is 215 Å². The van der Waals surface area contributed by atoms with Gasteiger partial charge in [-0.05, 0) is 62.2 Å². The van der Waals surface area contributed by atoms with Crippen molar-refractivity contribution >= 4 is 17.4 Å². The Balaban J connectivity index is 1.77. The lowest BCUT2D eigenvalue weighted by atomic mass is 9.95. The molecule has 1 unspecified atom stereocenters. The van der Waals surface area contributed by atoms with Gasteiger partial charge in [-0.15, -0.1) is 0 Å². The fourth-order valence-electron chi connectivity index (χ4n) is 4.44. The zero-order chi connectivity index (χ0) is 26.4. The van der Waals surface area contributed by atoms with E-state index in [1.165, 1.54) is 4.90 Å². The fourth-order valence-corrected chi connectivity index (χ4v) is 4.44. The van der Waals surface area contributed by atoms with Gasteiger partial charge in [-0.2, -0.15) is 0 Å². The van der Waals surface area contributed by atoms with E-state index in [4.69, 9.17) is 14.2 Å². The predicted molar refractivity (Wildman–Crippen MR) is 138 cm³/mol. The normalized spacial score (nSPS) is 16.7. The molecule has 9 nitrogen and oxygen atoms in total. The Hall–Kier alpha value is -4.27. The first-order valence-corrected chi connectivity index (χ1v) is 12.3. The SMILES string of the molecule is CCOc1ccc(C2C(=C(O)c3ccc(OC)cc3)C(=O)C(=O)N2CCCn2ccnc2)cc1OCC. The monoisotopic (exact) mass is 505 g/mol. The number of rotatable bonds is 11. The van der Waals surface area contributed by atoms with Crippen LogP contribution >= 0.6 is 0 Å². The Kier molecular flexibility index (Phi) is 8.12. The van der Waals surface area contributed by atoms with Gasteiger partial charge in [0.15, 0.2) is 11.5 Å². The minimum absolute atomic E-state index is 0.0319. The first kappa shape index (κ1) is 25.8. The van der Waals surface area contributed by atoms with Gasteiger partial charge in [-0.25, -0.2) is 4.98 Å². The number of likely N-dealkylation sites (tertiary alicyclic amines) is 1. The molecule has 1 aliphatic rings. The van der Waals surface area contributed by atoms with E-state index >= 15 is 0 Å². The van der Waals surface area contributed by atoms with Crippen molar-refractivity contribution in [1.82, 2.24) is 14.5 Å². The number of ketones is 1. The number of aryl methyl sites for hydroxylation is 1. The third-order valence-corrected chi connectivity index (χ3v) is 6.16. The fraction of sp³-hybridized carbons (Fsp3) is 0.321. The first-order chi connectivity index (χ1) is 18.0. The molecule has 1 atom stereocenters. The molecule has 0 radical (unpaired) electrons. The lowest BCUT2D eigenvalue weighted by molar-refractivity contribution is -0.139. The van der Waals surface area contributed by atoms with Crippen molar-refractivity contribution < 1.29 is 28.9 Å². The van der Waals surface area contributed by atoms with Gasteiger partial charge in [-0.3, -0.25) is 9.59 Å². The molecule has 1 amide bonds. The van der Waals surface area contributed by atoms with Crippen molar-refractivity contribution in [1.29, 1.82) is 0 Å². The first-order valence-electron chi connectivity index (χ1n) is 12.3. The average Bonchev–Trinajstić information content (AvgIpc) is 3.52. The van der Waals surface area contributed by atoms with Crippen LogP contribution in [-0.2, 0) is 16.1 Å². The van der Waals surface area contributed by atoms with E-state index in [1.807, 2.05) is 24.6 Å². The maximum atomic E-state index is 13.3. The van der Waals surface area contributed by atoms with Crippen LogP contribution in [0.4, 0.5) is 0 Å². The second kappa shape index (κ2) is 11.6. The van der Waals surface area contributed by atoms with Gasteiger partial charge in [-0.1, -0.05) is 6.07 Å². The molecular formula is C28H31N3O6. The highest BCUT2D eigenvalue weighted by Crippen LogP contribution is 2.42. The highest BCUT2D eigenvalue weighted by molar-refractivity contribution is 6.46. The quantitative estimate of drug-likeness (QED) is 0.237. The summed E-state index contributed by atoms with van der Waals surface area (Å²) < 4.78 is 18.6. The molecule has 1 N–H and O–H groups in total. The predicted octanol–water partition coefficient (Wildman–Crippen LogP) is 4.20. The molecule has 0 spiro atoms. The summed E-state index contributed by atoms with van der Waals surface area (Å²) in [6, 6.07) is 11.2. The van der Waals surface area contributed by atoms with Crippen LogP contribution in [0.1, 0.15) is 37.4 Å². The number of amides is 1. The van der Waals surface area contributed by atoms with E-state index in [0.29, 0.717) is 61.1 Å². The number of Topliss-reactive ketones (excluding diaryl/α,β-unsaturated/α-hetero) is 1. The van der Waals surface area contributed by atoms with E-state index in [-0.39, 0.29) is 11.3 Å². The van der Waals surface area contributed by atoms with Crippen LogP contribution in [0.25, 0.3) is 5.76 Å². The van der Waals surface area contributed by atoms with Crippen LogP contribution in [0.5, 0.6) is 17.2 Å². The third kappa shape index (κ3) is 5.45. The number of imidazole rings is 1. The third-order valence-electron chi connectivity index (χ3n) is 6.16. The number of ether oxygens (including phenoxy) is 3. The van der Waals surface area contributed by atoms with E-state index < -0.39 is 17.7 Å². The molecule has 0 saturated carbocycles. The van der Waals surface area contributed by atoms with Gasteiger partial charge in [0.05, 0.1) is 38.3 Å². The Morgan fingerprint density at radius 1 is 1.00 bits per heavy atom. The number of nitrogens with zero attached hydrogens (tertiary/aromatic N) is 3. The number of carbonyl (C=O) groups excluding carboxylic acids is 2. The molecule has 0 aliphatic carbocycles. The number of benzene rings is 2. The molecule has 194 valence electrons. The lowest BCUT2D eigenvalue weighted by Crippen LogP contribution is -2.31. The Morgan fingerprint density at radius 3 is 2.38 bits per heavy atom. The van der Waals surface area contributed by atoms with Crippen LogP contribution in [0.2, 0.25) is 0 Å². The number of methoxy groups -OCH3 is 1. The number of hydrogen-bond donors (Lipinski definition) is 1. The highest BCUT2D eigenvalue weighted by Gasteiger charge is 2.46. The zero-order valence-corrected chi connectivity index (χ0v) is 21.2. The average molecular weight is 506 g/mol. The van der Waals surface area contributed by atoms with E-state index in [0.717, 1.165) is 0 Å². The summed E-state index contributed by atoms with van der Waals surface area (Å²) in [4.78, 5) is 32.1. The zero-order valence-electron chi connectivity index (χ0n) is 21.2. The summed E-state index contributed by atoms with van der Waals surface area (Å²) in [5, 5.41) is 11.3. The molecule has 3 aromatic rings. The molecule has 37 heavy (non-hydrogen) atoms. The molecule has 2 heterocycles. The molecule has 1 aliphatic heterocycles. The molecule has 1 saturated heterocycles. The van der Waals surface area contributed by atoms with Crippen LogP contribution in [0.15, 0.2) is 66.8 Å². The van der Waals surface area contributed by atoms with Gasteiger partial charge < -0.3 is 28.8 Å². The molecule has 1 aromatic heterocycles. The van der Waals surface area contributed by atoms with E-state index in [2.05, 4.69) is 4.98 Å². The van der Waals surface area contributed by atoms with Crippen molar-refractivity contribution in [2.24, 2.45) is 0 Å². The van der Waals surface area contributed by atoms with Crippen molar-refractivity contribution in [3.8, 4) is 17.2 Å². The topological polar surface area (TPSA) is 103 Å². The Bertz CT molecular complexity index is 1270. The minimum atomic E-state index is -0.792. The molecule has 4 rings (SSSR count). The number of carbonyl (C=O) groups is 2. The van der Waals surface area contributed by atoms with Crippen molar-refractivity contribution in [2.75, 3.05) is 26.9 Å². The molecular weight excluding hydrogens is 474 g/mol. The summed E-state index contributed by atoms with van der Waals surface area (Å²) in [5.74, 6) is 0.0665. The van der Waals surface area contributed by atoms with Gasteiger partial charge in [0.2, 0.25) is 0 Å². The van der Waals surface area contributed by atoms with E-state index in [9.17, 15) is 14.7 Å². The van der Waals surface area contributed by atoms with Crippen molar-refractivity contribution in [3.63, 3.8) is 0 Å². The van der Waals surface area contributed by atoms with Crippen molar-refractivity contribution in [2.45, 2.75) is 32.9 Å². The minimum Gasteiger partial charge on any atom is -0.507 e. The maximum Gasteiger partial charge on any atom is 0.295 e. The summed E-state index contributed by atoms with van der Waals surface area (Å²) in [6.07, 6.45) is 5.83. The Morgan fingerprint density at radius 2 is 1.73 bits per heavy atom. The lowest BCUT2D eigenvalue weighted by Gasteiger charge is -2.26. The van der Waals surface area contributed by atoms with Gasteiger partial charge in [0, 0.05) is 31.0 Å². The van der Waals surface area contributed by atoms with Crippen LogP contribution in [-0.4, -0.2) is 58.1 Å². The smallest absolute Gasteiger partial charge is 0.295 e. The molecule has 2 aromatic carbocycles.